The molecule has 0 aliphatic heterocycles. The quantitative estimate of drug-likeness (QED) is 0.440. The summed E-state index contributed by atoms with van der Waals surface area (Å²) in [5.41, 5.74) is 7.73. The van der Waals surface area contributed by atoms with E-state index >= 15 is 0 Å². The standard InChI is InChI=1S/C24H26N2O4/c1-3-21(30-15-16-9-5-4-6-10-16)22(24(28)29-2)26-23(27)19-13-17-11-7-8-12-18(17)14-20(19)25/h4-14,21-22H,3,15,25H2,1-2H3,(H,26,27)/t21-,22?/m1/s1. The summed E-state index contributed by atoms with van der Waals surface area (Å²) in [7, 11) is 1.29. The first-order valence-electron chi connectivity index (χ1n) is 9.86. The number of nitrogens with two attached hydrogens (primary N) is 1. The molecule has 0 fully saturated rings. The number of methoxy groups -OCH3 is 1. The van der Waals surface area contributed by atoms with E-state index in [0.29, 0.717) is 24.3 Å². The molecule has 0 saturated heterocycles. The lowest BCUT2D eigenvalue weighted by Gasteiger charge is -2.25. The lowest BCUT2D eigenvalue weighted by atomic mass is 10.0. The van der Waals surface area contributed by atoms with E-state index in [1.807, 2.05) is 61.5 Å². The zero-order valence-corrected chi connectivity index (χ0v) is 17.1. The minimum Gasteiger partial charge on any atom is -0.467 e. The van der Waals surface area contributed by atoms with E-state index in [2.05, 4.69) is 5.32 Å². The Balaban J connectivity index is 1.80. The molecule has 3 aromatic rings. The van der Waals surface area contributed by atoms with Gasteiger partial charge in [0.2, 0.25) is 0 Å². The molecule has 0 aliphatic carbocycles. The molecule has 30 heavy (non-hydrogen) atoms. The summed E-state index contributed by atoms with van der Waals surface area (Å²) in [5, 5.41) is 4.58. The van der Waals surface area contributed by atoms with Crippen molar-refractivity contribution in [3.8, 4) is 0 Å². The zero-order valence-electron chi connectivity index (χ0n) is 17.1. The van der Waals surface area contributed by atoms with Crippen LogP contribution >= 0.6 is 0 Å². The van der Waals surface area contributed by atoms with Crippen molar-refractivity contribution in [3.63, 3.8) is 0 Å². The van der Waals surface area contributed by atoms with Gasteiger partial charge >= 0.3 is 5.97 Å². The predicted molar refractivity (Wildman–Crippen MR) is 117 cm³/mol. The number of benzene rings is 3. The van der Waals surface area contributed by atoms with Crippen LogP contribution in [0, 0.1) is 0 Å². The molecule has 0 saturated carbocycles. The Kier molecular flexibility index (Phi) is 7.03. The number of amides is 1. The first-order valence-corrected chi connectivity index (χ1v) is 9.86. The molecule has 3 N–H and O–H groups in total. The van der Waals surface area contributed by atoms with Crippen LogP contribution in [0.4, 0.5) is 5.69 Å². The number of nitrogen functional groups attached to an aromatic ring is 1. The number of rotatable bonds is 8. The van der Waals surface area contributed by atoms with Crippen molar-refractivity contribution in [1.82, 2.24) is 5.32 Å². The van der Waals surface area contributed by atoms with Crippen LogP contribution in [-0.2, 0) is 20.9 Å². The maximum atomic E-state index is 13.0. The van der Waals surface area contributed by atoms with Crippen molar-refractivity contribution in [2.45, 2.75) is 32.1 Å². The fraction of sp³-hybridized carbons (Fsp3) is 0.250. The third kappa shape index (κ3) is 4.96. The van der Waals surface area contributed by atoms with Gasteiger partial charge in [-0.1, -0.05) is 61.5 Å². The van der Waals surface area contributed by atoms with Gasteiger partial charge < -0.3 is 20.5 Å². The molecule has 2 atom stereocenters. The maximum Gasteiger partial charge on any atom is 0.331 e. The molecular formula is C24H26N2O4. The molecule has 1 unspecified atom stereocenters. The number of fused-ring (bicyclic) bond motifs is 1. The summed E-state index contributed by atoms with van der Waals surface area (Å²) >= 11 is 0. The highest BCUT2D eigenvalue weighted by Crippen LogP contribution is 2.22. The molecule has 0 spiro atoms. The lowest BCUT2D eigenvalue weighted by Crippen LogP contribution is -2.50. The third-order valence-electron chi connectivity index (χ3n) is 4.99. The Hall–Kier alpha value is -3.38. The number of hydrogen-bond donors (Lipinski definition) is 2. The molecule has 3 aromatic carbocycles. The van der Waals surface area contributed by atoms with E-state index < -0.39 is 24.0 Å². The fourth-order valence-electron chi connectivity index (χ4n) is 3.33. The Bertz CT molecular complexity index is 1020. The Morgan fingerprint density at radius 1 is 1.00 bits per heavy atom. The fourth-order valence-corrected chi connectivity index (χ4v) is 3.33. The Labute approximate surface area is 176 Å². The zero-order chi connectivity index (χ0) is 21.5. The molecule has 0 aliphatic rings. The average Bonchev–Trinajstić information content (AvgIpc) is 2.78. The summed E-state index contributed by atoms with van der Waals surface area (Å²) in [5.74, 6) is -1.02. The number of nitrogens with one attached hydrogen (secondary N) is 1. The summed E-state index contributed by atoms with van der Waals surface area (Å²) in [6, 6.07) is 19.8. The van der Waals surface area contributed by atoms with Crippen molar-refractivity contribution in [2.75, 3.05) is 12.8 Å². The number of esters is 1. The molecule has 0 heterocycles. The molecular weight excluding hydrogens is 380 g/mol. The average molecular weight is 406 g/mol. The summed E-state index contributed by atoms with van der Waals surface area (Å²) in [6.45, 7) is 2.21. The van der Waals surface area contributed by atoms with Gasteiger partial charge in [-0.15, -0.1) is 0 Å². The van der Waals surface area contributed by atoms with Crippen molar-refractivity contribution in [2.24, 2.45) is 0 Å². The van der Waals surface area contributed by atoms with Gasteiger partial charge in [0.15, 0.2) is 6.04 Å². The second-order valence-electron chi connectivity index (χ2n) is 7.00. The SMILES string of the molecule is CC[C@@H](OCc1ccccc1)C(NC(=O)c1cc2ccccc2cc1N)C(=O)OC. The highest BCUT2D eigenvalue weighted by Gasteiger charge is 2.31. The lowest BCUT2D eigenvalue weighted by molar-refractivity contribution is -0.147. The van der Waals surface area contributed by atoms with Gasteiger partial charge in [-0.05, 0) is 34.9 Å². The van der Waals surface area contributed by atoms with Gasteiger partial charge in [0, 0.05) is 5.69 Å². The number of anilines is 1. The Morgan fingerprint density at radius 2 is 1.63 bits per heavy atom. The van der Waals surface area contributed by atoms with E-state index in [1.165, 1.54) is 7.11 Å². The highest BCUT2D eigenvalue weighted by atomic mass is 16.5. The predicted octanol–water partition coefficient (Wildman–Crippen LogP) is 3.69. The molecule has 6 nitrogen and oxygen atoms in total. The van der Waals surface area contributed by atoms with Crippen molar-refractivity contribution in [1.29, 1.82) is 0 Å². The number of hydrogen-bond acceptors (Lipinski definition) is 5. The van der Waals surface area contributed by atoms with Crippen LogP contribution in [0.2, 0.25) is 0 Å². The highest BCUT2D eigenvalue weighted by molar-refractivity contribution is 6.05. The van der Waals surface area contributed by atoms with Crippen LogP contribution in [0.25, 0.3) is 10.8 Å². The van der Waals surface area contributed by atoms with Crippen LogP contribution in [-0.4, -0.2) is 31.1 Å². The number of ether oxygens (including phenoxy) is 2. The largest absolute Gasteiger partial charge is 0.467 e. The van der Waals surface area contributed by atoms with Gasteiger partial charge in [-0.25, -0.2) is 4.79 Å². The smallest absolute Gasteiger partial charge is 0.331 e. The minimum atomic E-state index is -0.956. The van der Waals surface area contributed by atoms with Gasteiger partial charge in [-0.2, -0.15) is 0 Å². The summed E-state index contributed by atoms with van der Waals surface area (Å²) in [4.78, 5) is 25.4. The van der Waals surface area contributed by atoms with E-state index in [-0.39, 0.29) is 0 Å². The normalized spacial score (nSPS) is 12.9. The molecule has 156 valence electrons. The first-order chi connectivity index (χ1) is 14.5. The maximum absolute atomic E-state index is 13.0. The topological polar surface area (TPSA) is 90.6 Å². The number of carbonyl (C=O) groups is 2. The molecule has 0 bridgehead atoms. The van der Waals surface area contributed by atoms with Gasteiger partial charge in [0.1, 0.15) is 0 Å². The van der Waals surface area contributed by atoms with E-state index in [1.54, 1.807) is 12.1 Å². The van der Waals surface area contributed by atoms with Crippen molar-refractivity contribution >= 4 is 28.3 Å². The molecule has 3 rings (SSSR count). The monoisotopic (exact) mass is 406 g/mol. The van der Waals surface area contributed by atoms with E-state index in [9.17, 15) is 9.59 Å². The molecule has 1 amide bonds. The van der Waals surface area contributed by atoms with Gasteiger partial charge in [0.25, 0.3) is 5.91 Å². The Morgan fingerprint density at radius 3 is 2.27 bits per heavy atom. The van der Waals surface area contributed by atoms with E-state index in [4.69, 9.17) is 15.2 Å². The minimum absolute atomic E-state index is 0.306. The van der Waals surface area contributed by atoms with Crippen LogP contribution in [0.15, 0.2) is 66.7 Å². The second kappa shape index (κ2) is 9.89. The van der Waals surface area contributed by atoms with Crippen LogP contribution in [0.3, 0.4) is 0 Å². The van der Waals surface area contributed by atoms with Crippen molar-refractivity contribution in [3.05, 3.63) is 77.9 Å². The van der Waals surface area contributed by atoms with Crippen LogP contribution in [0.5, 0.6) is 0 Å². The van der Waals surface area contributed by atoms with Crippen molar-refractivity contribution < 1.29 is 19.1 Å². The van der Waals surface area contributed by atoms with E-state index in [0.717, 1.165) is 16.3 Å². The summed E-state index contributed by atoms with van der Waals surface area (Å²) < 4.78 is 10.9. The van der Waals surface area contributed by atoms with Crippen LogP contribution in [0.1, 0.15) is 29.3 Å². The summed E-state index contributed by atoms with van der Waals surface area (Å²) in [6.07, 6.45) is -0.0385. The van der Waals surface area contributed by atoms with Gasteiger partial charge in [0.05, 0.1) is 25.4 Å². The molecule has 0 radical (unpaired) electrons. The number of carbonyl (C=O) groups excluding carboxylic acids is 2. The molecule has 6 heteroatoms. The van der Waals surface area contributed by atoms with Gasteiger partial charge in [-0.3, -0.25) is 4.79 Å². The second-order valence-corrected chi connectivity index (χ2v) is 7.00. The first kappa shape index (κ1) is 21.3. The third-order valence-corrected chi connectivity index (χ3v) is 4.99. The molecule has 0 aromatic heterocycles. The van der Waals surface area contributed by atoms with Crippen LogP contribution < -0.4 is 11.1 Å².